The molecular weight excluding hydrogens is 202 g/mol. The SMILES string of the molecule is CCCn1ccn(CCCNC2CC2)c1=O. The third-order valence-electron chi connectivity index (χ3n) is 2.97. The minimum Gasteiger partial charge on any atom is -0.314 e. The predicted molar refractivity (Wildman–Crippen MR) is 64.6 cm³/mol. The molecule has 0 aromatic carbocycles. The number of imidazole rings is 1. The maximum atomic E-state index is 11.8. The van der Waals surface area contributed by atoms with Gasteiger partial charge in [-0.1, -0.05) is 6.92 Å². The van der Waals surface area contributed by atoms with Crippen LogP contribution < -0.4 is 11.0 Å². The second-order valence-electron chi connectivity index (χ2n) is 4.55. The van der Waals surface area contributed by atoms with E-state index in [1.807, 2.05) is 17.0 Å². The number of aromatic nitrogens is 2. The maximum absolute atomic E-state index is 11.8. The molecule has 1 saturated carbocycles. The highest BCUT2D eigenvalue weighted by Gasteiger charge is 2.19. The molecule has 0 radical (unpaired) electrons. The Bertz CT molecular complexity index is 376. The Morgan fingerprint density at radius 1 is 1.31 bits per heavy atom. The monoisotopic (exact) mass is 223 g/mol. The van der Waals surface area contributed by atoms with Crippen LogP contribution in [0.2, 0.25) is 0 Å². The molecule has 1 aromatic rings. The summed E-state index contributed by atoms with van der Waals surface area (Å²) in [7, 11) is 0. The molecule has 1 aliphatic rings. The molecule has 0 unspecified atom stereocenters. The molecule has 1 N–H and O–H groups in total. The Morgan fingerprint density at radius 2 is 2.00 bits per heavy atom. The average Bonchev–Trinajstić information content (AvgIpc) is 3.04. The van der Waals surface area contributed by atoms with Crippen molar-refractivity contribution in [3.63, 3.8) is 0 Å². The van der Waals surface area contributed by atoms with Crippen LogP contribution in [0.3, 0.4) is 0 Å². The maximum Gasteiger partial charge on any atom is 0.328 e. The predicted octanol–water partition coefficient (Wildman–Crippen LogP) is 1.20. The molecule has 2 rings (SSSR count). The van der Waals surface area contributed by atoms with Gasteiger partial charge in [0.15, 0.2) is 0 Å². The first kappa shape index (κ1) is 11.5. The molecule has 16 heavy (non-hydrogen) atoms. The summed E-state index contributed by atoms with van der Waals surface area (Å²) in [5, 5.41) is 3.46. The van der Waals surface area contributed by atoms with E-state index in [1.165, 1.54) is 12.8 Å². The Kier molecular flexibility index (Phi) is 3.83. The van der Waals surface area contributed by atoms with E-state index in [0.29, 0.717) is 0 Å². The van der Waals surface area contributed by atoms with Gasteiger partial charge in [-0.25, -0.2) is 4.79 Å². The molecule has 0 aliphatic heterocycles. The zero-order valence-corrected chi connectivity index (χ0v) is 9.98. The van der Waals surface area contributed by atoms with E-state index in [2.05, 4.69) is 12.2 Å². The van der Waals surface area contributed by atoms with Crippen LogP contribution in [0.1, 0.15) is 32.6 Å². The van der Waals surface area contributed by atoms with Gasteiger partial charge in [-0.2, -0.15) is 0 Å². The lowest BCUT2D eigenvalue weighted by molar-refractivity contribution is 0.551. The highest BCUT2D eigenvalue weighted by atomic mass is 16.1. The van der Waals surface area contributed by atoms with Crippen molar-refractivity contribution >= 4 is 0 Å². The molecule has 4 nitrogen and oxygen atoms in total. The van der Waals surface area contributed by atoms with Gasteiger partial charge < -0.3 is 5.32 Å². The molecule has 0 atom stereocenters. The first-order valence-corrected chi connectivity index (χ1v) is 6.30. The van der Waals surface area contributed by atoms with E-state index in [9.17, 15) is 4.79 Å². The first-order chi connectivity index (χ1) is 7.81. The van der Waals surface area contributed by atoms with E-state index >= 15 is 0 Å². The fraction of sp³-hybridized carbons (Fsp3) is 0.750. The largest absolute Gasteiger partial charge is 0.328 e. The standard InChI is InChI=1S/C12H21N3O/c1-2-7-14-9-10-15(12(14)16)8-3-6-13-11-4-5-11/h9-11,13H,2-8H2,1H3. The van der Waals surface area contributed by atoms with E-state index in [0.717, 1.165) is 38.5 Å². The summed E-state index contributed by atoms with van der Waals surface area (Å²) < 4.78 is 3.60. The summed E-state index contributed by atoms with van der Waals surface area (Å²) in [6, 6.07) is 0.765. The molecule has 1 aromatic heterocycles. The van der Waals surface area contributed by atoms with Crippen molar-refractivity contribution < 1.29 is 0 Å². The molecule has 0 amide bonds. The van der Waals surface area contributed by atoms with Gasteiger partial charge in [0.25, 0.3) is 0 Å². The van der Waals surface area contributed by atoms with E-state index in [1.54, 1.807) is 4.57 Å². The van der Waals surface area contributed by atoms with Gasteiger partial charge >= 0.3 is 5.69 Å². The van der Waals surface area contributed by atoms with E-state index in [-0.39, 0.29) is 5.69 Å². The third kappa shape index (κ3) is 2.98. The Labute approximate surface area is 96.3 Å². The number of hydrogen-bond acceptors (Lipinski definition) is 2. The van der Waals surface area contributed by atoms with E-state index in [4.69, 9.17) is 0 Å². The van der Waals surface area contributed by atoms with Crippen LogP contribution in [-0.2, 0) is 13.1 Å². The highest BCUT2D eigenvalue weighted by Crippen LogP contribution is 2.18. The Balaban J connectivity index is 1.76. The molecule has 4 heteroatoms. The summed E-state index contributed by atoms with van der Waals surface area (Å²) in [4.78, 5) is 11.8. The van der Waals surface area contributed by atoms with Gasteiger partial charge in [0, 0.05) is 31.5 Å². The van der Waals surface area contributed by atoms with Crippen molar-refractivity contribution in [1.82, 2.24) is 14.5 Å². The summed E-state index contributed by atoms with van der Waals surface area (Å²) in [5.74, 6) is 0. The van der Waals surface area contributed by atoms with Crippen molar-refractivity contribution in [2.75, 3.05) is 6.54 Å². The molecule has 90 valence electrons. The first-order valence-electron chi connectivity index (χ1n) is 6.30. The van der Waals surface area contributed by atoms with E-state index < -0.39 is 0 Å². The zero-order chi connectivity index (χ0) is 11.4. The molecule has 0 spiro atoms. The second-order valence-corrected chi connectivity index (χ2v) is 4.55. The second kappa shape index (κ2) is 5.34. The molecule has 1 aliphatic carbocycles. The zero-order valence-electron chi connectivity index (χ0n) is 9.98. The summed E-state index contributed by atoms with van der Waals surface area (Å²) in [6.45, 7) is 4.76. The van der Waals surface area contributed by atoms with Gasteiger partial charge in [-0.05, 0) is 32.2 Å². The summed E-state index contributed by atoms with van der Waals surface area (Å²) in [5.41, 5.74) is 0.133. The van der Waals surface area contributed by atoms with Crippen molar-refractivity contribution in [1.29, 1.82) is 0 Å². The topological polar surface area (TPSA) is 39.0 Å². The quantitative estimate of drug-likeness (QED) is 0.705. The van der Waals surface area contributed by atoms with Gasteiger partial charge in [-0.3, -0.25) is 9.13 Å². The molecule has 1 fully saturated rings. The summed E-state index contributed by atoms with van der Waals surface area (Å²) >= 11 is 0. The number of nitrogens with one attached hydrogen (secondary N) is 1. The van der Waals surface area contributed by atoms with Crippen molar-refractivity contribution in [3.05, 3.63) is 22.9 Å². The van der Waals surface area contributed by atoms with Gasteiger partial charge in [0.1, 0.15) is 0 Å². The minimum absolute atomic E-state index is 0.133. The Hall–Kier alpha value is -1.03. The Morgan fingerprint density at radius 3 is 2.62 bits per heavy atom. The van der Waals surface area contributed by atoms with Crippen LogP contribution >= 0.6 is 0 Å². The number of aryl methyl sites for hydroxylation is 2. The third-order valence-corrected chi connectivity index (χ3v) is 2.97. The van der Waals surface area contributed by atoms with Crippen molar-refractivity contribution in [2.45, 2.75) is 51.7 Å². The van der Waals surface area contributed by atoms with Crippen molar-refractivity contribution in [2.24, 2.45) is 0 Å². The minimum atomic E-state index is 0.133. The van der Waals surface area contributed by atoms with Crippen LogP contribution in [0, 0.1) is 0 Å². The summed E-state index contributed by atoms with van der Waals surface area (Å²) in [6.07, 6.45) is 8.48. The molecular formula is C12H21N3O. The van der Waals surface area contributed by atoms with Crippen LogP contribution in [0.15, 0.2) is 17.2 Å². The lowest BCUT2D eigenvalue weighted by Gasteiger charge is -2.03. The lowest BCUT2D eigenvalue weighted by atomic mass is 10.4. The number of rotatable bonds is 7. The fourth-order valence-corrected chi connectivity index (χ4v) is 1.88. The molecule has 0 bridgehead atoms. The highest BCUT2D eigenvalue weighted by molar-refractivity contribution is 4.82. The smallest absolute Gasteiger partial charge is 0.314 e. The van der Waals surface area contributed by atoms with Crippen LogP contribution in [-0.4, -0.2) is 21.7 Å². The van der Waals surface area contributed by atoms with Crippen LogP contribution in [0.25, 0.3) is 0 Å². The molecule has 0 saturated heterocycles. The fourth-order valence-electron chi connectivity index (χ4n) is 1.88. The van der Waals surface area contributed by atoms with Crippen LogP contribution in [0.5, 0.6) is 0 Å². The number of hydrogen-bond donors (Lipinski definition) is 1. The van der Waals surface area contributed by atoms with Gasteiger partial charge in [0.05, 0.1) is 0 Å². The van der Waals surface area contributed by atoms with Crippen molar-refractivity contribution in [3.8, 4) is 0 Å². The molecule has 1 heterocycles. The average molecular weight is 223 g/mol. The van der Waals surface area contributed by atoms with Gasteiger partial charge in [-0.15, -0.1) is 0 Å². The number of nitrogens with zero attached hydrogens (tertiary/aromatic N) is 2. The normalized spacial score (nSPS) is 15.6. The lowest BCUT2D eigenvalue weighted by Crippen LogP contribution is -2.26. The van der Waals surface area contributed by atoms with Crippen LogP contribution in [0.4, 0.5) is 0 Å². The van der Waals surface area contributed by atoms with Gasteiger partial charge in [0.2, 0.25) is 0 Å².